The number of benzene rings is 2. The van der Waals surface area contributed by atoms with E-state index in [1.54, 1.807) is 24.4 Å². The monoisotopic (exact) mass is 516 g/mol. The van der Waals surface area contributed by atoms with Gasteiger partial charge < -0.3 is 10.2 Å². The second kappa shape index (κ2) is 9.94. The van der Waals surface area contributed by atoms with E-state index in [2.05, 4.69) is 20.5 Å². The summed E-state index contributed by atoms with van der Waals surface area (Å²) in [5.41, 5.74) is 4.35. The zero-order valence-corrected chi connectivity index (χ0v) is 20.6. The number of halogens is 2. The van der Waals surface area contributed by atoms with Crippen molar-refractivity contribution in [3.63, 3.8) is 0 Å². The predicted molar refractivity (Wildman–Crippen MR) is 138 cm³/mol. The van der Waals surface area contributed by atoms with E-state index in [9.17, 15) is 18.4 Å². The Morgan fingerprint density at radius 2 is 1.97 bits per heavy atom. The first-order valence-corrected chi connectivity index (χ1v) is 12.6. The number of hydrogen-bond donors (Lipinski definition) is 2. The largest absolute Gasteiger partial charge is 0.337 e. The van der Waals surface area contributed by atoms with Crippen molar-refractivity contribution in [3.05, 3.63) is 77.6 Å². The Kier molecular flexibility index (Phi) is 6.32. The molecular formula is C28H26F2N6O2. The zero-order chi connectivity index (χ0) is 26.2. The minimum atomic E-state index is -0.950. The molecule has 1 atom stereocenters. The smallest absolute Gasteiger partial charge is 0.237 e. The highest BCUT2D eigenvalue weighted by molar-refractivity contribution is 5.99. The summed E-state index contributed by atoms with van der Waals surface area (Å²) < 4.78 is 27.1. The third kappa shape index (κ3) is 4.74. The summed E-state index contributed by atoms with van der Waals surface area (Å²) in [5, 5.41) is 10.8. The quantitative estimate of drug-likeness (QED) is 0.422. The van der Waals surface area contributed by atoms with E-state index in [4.69, 9.17) is 0 Å². The third-order valence-electron chi connectivity index (χ3n) is 7.34. The van der Waals surface area contributed by atoms with Gasteiger partial charge in [0.1, 0.15) is 5.69 Å². The van der Waals surface area contributed by atoms with Gasteiger partial charge in [-0.2, -0.15) is 5.10 Å². The molecule has 0 aliphatic carbocycles. The Labute approximate surface area is 217 Å². The molecule has 2 aromatic heterocycles. The van der Waals surface area contributed by atoms with Gasteiger partial charge in [0.25, 0.3) is 0 Å². The lowest BCUT2D eigenvalue weighted by Gasteiger charge is -2.29. The van der Waals surface area contributed by atoms with Gasteiger partial charge in [-0.05, 0) is 61.0 Å². The predicted octanol–water partition coefficient (Wildman–Crippen LogP) is 3.75. The van der Waals surface area contributed by atoms with Crippen molar-refractivity contribution in [2.75, 3.05) is 31.5 Å². The number of anilines is 1. The number of hydrogen-bond acceptors (Lipinski definition) is 5. The normalized spacial score (nSPS) is 17.5. The molecule has 0 spiro atoms. The van der Waals surface area contributed by atoms with Crippen molar-refractivity contribution in [3.8, 4) is 11.3 Å². The van der Waals surface area contributed by atoms with E-state index < -0.39 is 11.6 Å². The van der Waals surface area contributed by atoms with Gasteiger partial charge in [-0.25, -0.2) is 8.78 Å². The molecule has 2 aliphatic rings. The number of nitrogens with zero attached hydrogens (tertiary/aromatic N) is 4. The van der Waals surface area contributed by atoms with Crippen molar-refractivity contribution in [1.29, 1.82) is 0 Å². The van der Waals surface area contributed by atoms with Crippen molar-refractivity contribution in [2.24, 2.45) is 5.92 Å². The molecular weight excluding hydrogens is 490 g/mol. The van der Waals surface area contributed by atoms with E-state index >= 15 is 0 Å². The number of aromatic amines is 1. The molecule has 2 N–H and O–H groups in total. The SMILES string of the molecule is O=C(Nc1ccc2[nH]nc(-c3ccc(F)c(F)c3)c2c1)[C@@H]1CCN(CC(=O)N2CCc3ncccc3C2)C1. The number of rotatable bonds is 5. The van der Waals surface area contributed by atoms with Crippen molar-refractivity contribution in [1.82, 2.24) is 25.0 Å². The molecule has 1 saturated heterocycles. The lowest BCUT2D eigenvalue weighted by atomic mass is 10.1. The number of amides is 2. The summed E-state index contributed by atoms with van der Waals surface area (Å²) in [6, 6.07) is 12.9. The van der Waals surface area contributed by atoms with E-state index in [1.165, 1.54) is 6.07 Å². The number of likely N-dealkylation sites (tertiary alicyclic amines) is 1. The van der Waals surface area contributed by atoms with Gasteiger partial charge in [0.05, 0.1) is 18.0 Å². The number of carbonyl (C=O) groups excluding carboxylic acids is 2. The molecule has 2 amide bonds. The van der Waals surface area contributed by atoms with Crippen LogP contribution in [0, 0.1) is 17.6 Å². The van der Waals surface area contributed by atoms with Gasteiger partial charge >= 0.3 is 0 Å². The molecule has 4 heterocycles. The fourth-order valence-corrected chi connectivity index (χ4v) is 5.26. The second-order valence-corrected chi connectivity index (χ2v) is 9.85. The molecule has 2 aromatic carbocycles. The highest BCUT2D eigenvalue weighted by Gasteiger charge is 2.31. The first-order chi connectivity index (χ1) is 18.4. The van der Waals surface area contributed by atoms with Crippen LogP contribution in [0.4, 0.5) is 14.5 Å². The fourth-order valence-electron chi connectivity index (χ4n) is 5.26. The van der Waals surface area contributed by atoms with Gasteiger partial charge in [-0.3, -0.25) is 24.6 Å². The number of aromatic nitrogens is 3. The average molecular weight is 517 g/mol. The lowest BCUT2D eigenvalue weighted by Crippen LogP contribution is -2.42. The summed E-state index contributed by atoms with van der Waals surface area (Å²) in [6.45, 7) is 2.71. The maximum absolute atomic E-state index is 13.8. The first-order valence-electron chi connectivity index (χ1n) is 12.6. The standard InChI is InChI=1S/C28H26F2N6O2/c29-22-5-3-17(12-23(22)30)27-21-13-20(4-6-25(21)33-34-27)32-28(38)19-7-10-35(14-19)16-26(37)36-11-8-24-18(15-36)2-1-9-31-24/h1-6,9,12-13,19H,7-8,10-11,14-16H2,(H,32,38)(H,33,34)/t19-/m1/s1. The van der Waals surface area contributed by atoms with Crippen molar-refractivity contribution in [2.45, 2.75) is 19.4 Å². The molecule has 8 nitrogen and oxygen atoms in total. The van der Waals surface area contributed by atoms with Crippen LogP contribution in [0.2, 0.25) is 0 Å². The van der Waals surface area contributed by atoms with Crippen LogP contribution in [0.15, 0.2) is 54.7 Å². The van der Waals surface area contributed by atoms with Gasteiger partial charge in [-0.1, -0.05) is 6.07 Å². The number of H-pyrrole nitrogens is 1. The summed E-state index contributed by atoms with van der Waals surface area (Å²) in [7, 11) is 0. The Morgan fingerprint density at radius 1 is 1.08 bits per heavy atom. The van der Waals surface area contributed by atoms with Crippen LogP contribution in [-0.4, -0.2) is 63.0 Å². The fraction of sp³-hybridized carbons (Fsp3) is 0.286. The Bertz CT molecular complexity index is 1540. The van der Waals surface area contributed by atoms with Crippen LogP contribution >= 0.6 is 0 Å². The minimum absolute atomic E-state index is 0.0655. The molecule has 10 heteroatoms. The Balaban J connectivity index is 1.08. The second-order valence-electron chi connectivity index (χ2n) is 9.85. The van der Waals surface area contributed by atoms with Gasteiger partial charge in [-0.15, -0.1) is 0 Å². The summed E-state index contributed by atoms with van der Waals surface area (Å²) in [6.07, 6.45) is 3.20. The molecule has 0 saturated carbocycles. The zero-order valence-electron chi connectivity index (χ0n) is 20.6. The van der Waals surface area contributed by atoms with E-state index in [0.29, 0.717) is 60.4 Å². The number of pyridine rings is 1. The van der Waals surface area contributed by atoms with Gasteiger partial charge in [0.2, 0.25) is 11.8 Å². The average Bonchev–Trinajstić information content (AvgIpc) is 3.57. The summed E-state index contributed by atoms with van der Waals surface area (Å²) in [4.78, 5) is 34.3. The molecule has 0 bridgehead atoms. The molecule has 38 heavy (non-hydrogen) atoms. The van der Waals surface area contributed by atoms with Crippen LogP contribution in [0.25, 0.3) is 22.2 Å². The van der Waals surface area contributed by atoms with Gasteiger partial charge in [0, 0.05) is 54.6 Å². The molecule has 0 unspecified atom stereocenters. The summed E-state index contributed by atoms with van der Waals surface area (Å²) >= 11 is 0. The Morgan fingerprint density at radius 3 is 2.84 bits per heavy atom. The van der Waals surface area contributed by atoms with Crippen LogP contribution in [0.5, 0.6) is 0 Å². The minimum Gasteiger partial charge on any atom is -0.337 e. The Hall–Kier alpha value is -4.18. The topological polar surface area (TPSA) is 94.2 Å². The molecule has 194 valence electrons. The van der Waals surface area contributed by atoms with E-state index in [0.717, 1.165) is 29.8 Å². The van der Waals surface area contributed by atoms with Crippen molar-refractivity contribution >= 4 is 28.4 Å². The maximum atomic E-state index is 13.8. The molecule has 4 aromatic rings. The van der Waals surface area contributed by atoms with Crippen LogP contribution in [-0.2, 0) is 22.6 Å². The highest BCUT2D eigenvalue weighted by Crippen LogP contribution is 2.30. The highest BCUT2D eigenvalue weighted by atomic mass is 19.2. The number of fused-ring (bicyclic) bond motifs is 2. The van der Waals surface area contributed by atoms with E-state index in [1.807, 2.05) is 21.9 Å². The number of carbonyl (C=O) groups is 2. The number of nitrogens with one attached hydrogen (secondary N) is 2. The van der Waals surface area contributed by atoms with Crippen LogP contribution < -0.4 is 5.32 Å². The first kappa shape index (κ1) is 24.2. The lowest BCUT2D eigenvalue weighted by molar-refractivity contribution is -0.133. The molecule has 2 aliphatic heterocycles. The maximum Gasteiger partial charge on any atom is 0.237 e. The van der Waals surface area contributed by atoms with E-state index in [-0.39, 0.29) is 24.3 Å². The van der Waals surface area contributed by atoms with Crippen molar-refractivity contribution < 1.29 is 18.4 Å². The van der Waals surface area contributed by atoms with Crippen LogP contribution in [0.3, 0.4) is 0 Å². The third-order valence-corrected chi connectivity index (χ3v) is 7.34. The molecule has 1 fully saturated rings. The summed E-state index contributed by atoms with van der Waals surface area (Å²) in [5.74, 6) is -2.16. The van der Waals surface area contributed by atoms with Crippen LogP contribution in [0.1, 0.15) is 17.7 Å². The molecule has 0 radical (unpaired) electrons. The molecule has 6 rings (SSSR count). The van der Waals surface area contributed by atoms with Gasteiger partial charge in [0.15, 0.2) is 11.6 Å².